The van der Waals surface area contributed by atoms with Crippen molar-refractivity contribution in [1.29, 1.82) is 0 Å². The largest absolute Gasteiger partial charge is 0.378 e. The van der Waals surface area contributed by atoms with Crippen molar-refractivity contribution in [3.8, 4) is 5.95 Å². The van der Waals surface area contributed by atoms with E-state index in [-0.39, 0.29) is 0 Å². The number of hydrogen-bond donors (Lipinski definition) is 2. The van der Waals surface area contributed by atoms with Gasteiger partial charge in [-0.2, -0.15) is 15.2 Å². The molecule has 20 heavy (non-hydrogen) atoms. The molecule has 9 heteroatoms. The molecular formula is C11H12N8O. The lowest BCUT2D eigenvalue weighted by molar-refractivity contribution is 0.181. The lowest BCUT2D eigenvalue weighted by Gasteiger charge is -2.03. The molecule has 0 saturated carbocycles. The normalized spacial score (nSPS) is 10.7. The van der Waals surface area contributed by atoms with Gasteiger partial charge in [0.15, 0.2) is 11.6 Å². The molecule has 0 atom stereocenters. The summed E-state index contributed by atoms with van der Waals surface area (Å²) in [5.74, 6) is 1.61. The van der Waals surface area contributed by atoms with Crippen LogP contribution in [0.15, 0.2) is 31.0 Å². The zero-order valence-electron chi connectivity index (χ0n) is 10.7. The van der Waals surface area contributed by atoms with Crippen molar-refractivity contribution in [1.82, 2.24) is 34.9 Å². The lowest BCUT2D eigenvalue weighted by Crippen LogP contribution is -2.03. The fraction of sp³-hybridized carbons (Fsp3) is 0.182. The van der Waals surface area contributed by atoms with Crippen molar-refractivity contribution in [3.63, 3.8) is 0 Å². The van der Waals surface area contributed by atoms with Crippen molar-refractivity contribution in [3.05, 3.63) is 36.7 Å². The molecule has 2 N–H and O–H groups in total. The molecule has 3 rings (SSSR count). The molecular weight excluding hydrogens is 260 g/mol. The van der Waals surface area contributed by atoms with Gasteiger partial charge in [0.05, 0.1) is 18.5 Å². The first-order valence-corrected chi connectivity index (χ1v) is 5.83. The molecule has 9 nitrogen and oxygen atoms in total. The second-order valence-corrected chi connectivity index (χ2v) is 3.95. The lowest BCUT2D eigenvalue weighted by atomic mass is 10.4. The van der Waals surface area contributed by atoms with Gasteiger partial charge in [0, 0.05) is 25.6 Å². The van der Waals surface area contributed by atoms with Gasteiger partial charge in [0.25, 0.3) is 5.95 Å². The Hall–Kier alpha value is -2.81. The first kappa shape index (κ1) is 12.2. The van der Waals surface area contributed by atoms with Gasteiger partial charge in [-0.3, -0.25) is 9.67 Å². The van der Waals surface area contributed by atoms with E-state index < -0.39 is 0 Å². The van der Waals surface area contributed by atoms with Crippen LogP contribution < -0.4 is 5.32 Å². The fourth-order valence-electron chi connectivity index (χ4n) is 1.63. The number of rotatable bonds is 5. The molecule has 0 aliphatic carbocycles. The van der Waals surface area contributed by atoms with E-state index >= 15 is 0 Å². The highest BCUT2D eigenvalue weighted by Gasteiger charge is 2.05. The minimum absolute atomic E-state index is 0.431. The van der Waals surface area contributed by atoms with Crippen LogP contribution in [0.25, 0.3) is 5.95 Å². The Morgan fingerprint density at radius 2 is 2.35 bits per heavy atom. The quantitative estimate of drug-likeness (QED) is 0.703. The van der Waals surface area contributed by atoms with E-state index in [4.69, 9.17) is 4.74 Å². The molecule has 102 valence electrons. The Morgan fingerprint density at radius 3 is 3.15 bits per heavy atom. The minimum Gasteiger partial charge on any atom is -0.378 e. The number of ether oxygens (including phenoxy) is 1. The molecule has 0 aliphatic rings. The molecule has 0 bridgehead atoms. The van der Waals surface area contributed by atoms with Crippen molar-refractivity contribution in [2.75, 3.05) is 12.4 Å². The summed E-state index contributed by atoms with van der Waals surface area (Å²) < 4.78 is 6.68. The van der Waals surface area contributed by atoms with Gasteiger partial charge in [0.2, 0.25) is 0 Å². The Kier molecular flexibility index (Phi) is 3.33. The second kappa shape index (κ2) is 5.45. The predicted octanol–water partition coefficient (Wildman–Crippen LogP) is 0.670. The molecule has 0 radical (unpaired) electrons. The van der Waals surface area contributed by atoms with Crippen LogP contribution in [0.2, 0.25) is 0 Å². The van der Waals surface area contributed by atoms with Crippen molar-refractivity contribution in [2.24, 2.45) is 0 Å². The Bertz CT molecular complexity index is 677. The summed E-state index contributed by atoms with van der Waals surface area (Å²) in [5, 5.41) is 17.8. The number of aromatic nitrogens is 7. The van der Waals surface area contributed by atoms with Gasteiger partial charge in [-0.25, -0.2) is 4.98 Å². The third kappa shape index (κ3) is 2.62. The molecule has 0 spiro atoms. The first-order valence-electron chi connectivity index (χ1n) is 5.83. The maximum Gasteiger partial charge on any atom is 0.256 e. The molecule has 0 aromatic carbocycles. The zero-order chi connectivity index (χ0) is 13.8. The molecule has 3 aromatic rings. The number of nitrogens with one attached hydrogen (secondary N) is 2. The number of nitrogens with zero attached hydrogens (tertiary/aromatic N) is 6. The Labute approximate surface area is 114 Å². The monoisotopic (exact) mass is 272 g/mol. The molecule has 0 fully saturated rings. The predicted molar refractivity (Wildman–Crippen MR) is 69.5 cm³/mol. The van der Waals surface area contributed by atoms with Crippen LogP contribution in [-0.2, 0) is 11.3 Å². The number of imidazole rings is 1. The molecule has 3 heterocycles. The van der Waals surface area contributed by atoms with Crippen molar-refractivity contribution >= 4 is 11.6 Å². The van der Waals surface area contributed by atoms with E-state index in [9.17, 15) is 0 Å². The Morgan fingerprint density at radius 1 is 1.40 bits per heavy atom. The number of anilines is 2. The Balaban J connectivity index is 1.78. The van der Waals surface area contributed by atoms with Gasteiger partial charge >= 0.3 is 0 Å². The minimum atomic E-state index is 0.431. The van der Waals surface area contributed by atoms with Crippen LogP contribution >= 0.6 is 0 Å². The number of H-pyrrole nitrogens is 1. The van der Waals surface area contributed by atoms with Gasteiger partial charge in [0.1, 0.15) is 6.33 Å². The van der Waals surface area contributed by atoms with Gasteiger partial charge in [-0.15, -0.1) is 5.10 Å². The standard InChI is InChI=1S/C11H12N8O/c1-20-6-8-4-9(17-16-8)14-10-5-13-18-11(15-10)19-3-2-12-7-19/h2-5,7H,6H2,1H3,(H2,14,15,16,17,18). The second-order valence-electron chi connectivity index (χ2n) is 3.95. The van der Waals surface area contributed by atoms with Crippen LogP contribution in [0.1, 0.15) is 5.69 Å². The molecule has 0 saturated heterocycles. The number of hydrogen-bond acceptors (Lipinski definition) is 7. The van der Waals surface area contributed by atoms with E-state index in [2.05, 4.69) is 35.7 Å². The fourth-order valence-corrected chi connectivity index (χ4v) is 1.63. The first-order chi connectivity index (χ1) is 9.85. The van der Waals surface area contributed by atoms with E-state index in [1.165, 1.54) is 6.20 Å². The van der Waals surface area contributed by atoms with E-state index in [1.54, 1.807) is 30.4 Å². The number of aromatic amines is 1. The highest BCUT2D eigenvalue weighted by atomic mass is 16.5. The molecule has 0 amide bonds. The molecule has 0 aliphatic heterocycles. The third-order valence-corrected chi connectivity index (χ3v) is 2.47. The average molecular weight is 272 g/mol. The topological polar surface area (TPSA) is 106 Å². The van der Waals surface area contributed by atoms with Gasteiger partial charge in [-0.05, 0) is 0 Å². The van der Waals surface area contributed by atoms with Crippen molar-refractivity contribution < 1.29 is 4.74 Å². The van der Waals surface area contributed by atoms with E-state index in [0.717, 1.165) is 5.69 Å². The average Bonchev–Trinajstić information content (AvgIpc) is 3.11. The van der Waals surface area contributed by atoms with Crippen LogP contribution in [0.3, 0.4) is 0 Å². The summed E-state index contributed by atoms with van der Waals surface area (Å²) in [6.07, 6.45) is 6.51. The summed E-state index contributed by atoms with van der Waals surface area (Å²) in [6, 6.07) is 1.84. The smallest absolute Gasteiger partial charge is 0.256 e. The van der Waals surface area contributed by atoms with Crippen LogP contribution in [0.5, 0.6) is 0 Å². The van der Waals surface area contributed by atoms with Crippen LogP contribution in [0.4, 0.5) is 11.6 Å². The highest BCUT2D eigenvalue weighted by Crippen LogP contribution is 2.13. The van der Waals surface area contributed by atoms with Crippen molar-refractivity contribution in [2.45, 2.75) is 6.61 Å². The number of methoxy groups -OCH3 is 1. The summed E-state index contributed by atoms with van der Waals surface area (Å²) in [5.41, 5.74) is 0.867. The van der Waals surface area contributed by atoms with Crippen LogP contribution in [-0.4, -0.2) is 42.0 Å². The van der Waals surface area contributed by atoms with Gasteiger partial charge in [-0.1, -0.05) is 0 Å². The van der Waals surface area contributed by atoms with Gasteiger partial charge < -0.3 is 10.1 Å². The maximum atomic E-state index is 5.01. The zero-order valence-corrected chi connectivity index (χ0v) is 10.7. The maximum absolute atomic E-state index is 5.01. The summed E-state index contributed by atoms with van der Waals surface area (Å²) >= 11 is 0. The van der Waals surface area contributed by atoms with Crippen LogP contribution in [0, 0.1) is 0 Å². The van der Waals surface area contributed by atoms with E-state index in [1.807, 2.05) is 6.07 Å². The molecule has 3 aromatic heterocycles. The van der Waals surface area contributed by atoms with E-state index in [0.29, 0.717) is 24.2 Å². The summed E-state index contributed by atoms with van der Waals surface area (Å²) in [7, 11) is 1.62. The molecule has 0 unspecified atom stereocenters. The summed E-state index contributed by atoms with van der Waals surface area (Å²) in [6.45, 7) is 0.469. The summed E-state index contributed by atoms with van der Waals surface area (Å²) in [4.78, 5) is 8.26. The SMILES string of the molecule is COCc1cc(Nc2cnnc(-n3ccnc3)n2)n[nH]1. The third-order valence-electron chi connectivity index (χ3n) is 2.47. The highest BCUT2D eigenvalue weighted by molar-refractivity contribution is 5.50.